The summed E-state index contributed by atoms with van der Waals surface area (Å²) in [6.07, 6.45) is 7.86. The van der Waals surface area contributed by atoms with E-state index in [-0.39, 0.29) is 0 Å². The highest BCUT2D eigenvalue weighted by molar-refractivity contribution is 6.23. The monoisotopic (exact) mass is 569 g/mol. The zero-order valence-corrected chi connectivity index (χ0v) is 27.9. The fraction of sp³-hybridized carbons (Fsp3) is 0.286. The molecule has 5 aromatic carbocycles. The van der Waals surface area contributed by atoms with E-state index in [0.29, 0.717) is 17.3 Å². The van der Waals surface area contributed by atoms with Gasteiger partial charge in [0.1, 0.15) is 0 Å². The number of rotatable bonds is 6. The van der Waals surface area contributed by atoms with Gasteiger partial charge in [0, 0.05) is 16.6 Å². The third-order valence-corrected chi connectivity index (χ3v) is 7.50. The van der Waals surface area contributed by atoms with Crippen LogP contribution in [0.3, 0.4) is 0 Å². The molecule has 0 amide bonds. The third-order valence-electron chi connectivity index (χ3n) is 7.50. The predicted molar refractivity (Wildman–Crippen MR) is 195 cm³/mol. The molecule has 1 unspecified atom stereocenters. The van der Waals surface area contributed by atoms with Crippen LogP contribution in [-0.2, 0) is 0 Å². The summed E-state index contributed by atoms with van der Waals surface area (Å²) < 4.78 is 0. The van der Waals surface area contributed by atoms with Crippen LogP contribution in [0.1, 0.15) is 73.8 Å². The van der Waals surface area contributed by atoms with Crippen molar-refractivity contribution in [2.24, 2.45) is 11.3 Å². The number of hydrogen-bond acceptors (Lipinski definition) is 1. The molecule has 43 heavy (non-hydrogen) atoms. The van der Waals surface area contributed by atoms with Crippen LogP contribution in [0.25, 0.3) is 44.6 Å². The molecule has 1 nitrogen and oxygen atoms in total. The van der Waals surface area contributed by atoms with Crippen molar-refractivity contribution in [1.29, 1.82) is 0 Å². The molecule has 5 aromatic rings. The molecule has 1 N–H and O–H groups in total. The smallest absolute Gasteiger partial charge is 0.0457 e. The zero-order chi connectivity index (χ0) is 31.7. The molecule has 0 saturated carbocycles. The lowest BCUT2D eigenvalue weighted by atomic mass is 9.84. The Kier molecular flexibility index (Phi) is 11.6. The van der Waals surface area contributed by atoms with E-state index in [1.807, 2.05) is 62.4 Å². The summed E-state index contributed by atoms with van der Waals surface area (Å²) in [4.78, 5) is 0. The van der Waals surface area contributed by atoms with E-state index < -0.39 is 0 Å². The minimum Gasteiger partial charge on any atom is -0.355 e. The highest BCUT2D eigenvalue weighted by Crippen LogP contribution is 2.39. The van der Waals surface area contributed by atoms with Gasteiger partial charge in [0.25, 0.3) is 0 Å². The van der Waals surface area contributed by atoms with Crippen LogP contribution < -0.4 is 15.8 Å². The lowest BCUT2D eigenvalue weighted by Gasteiger charge is -2.20. The van der Waals surface area contributed by atoms with Gasteiger partial charge in [-0.15, -0.1) is 0 Å². The predicted octanol–water partition coefficient (Wildman–Crippen LogP) is 10.9. The Morgan fingerprint density at radius 1 is 0.744 bits per heavy atom. The Bertz CT molecular complexity index is 1800. The van der Waals surface area contributed by atoms with Gasteiger partial charge in [-0.25, -0.2) is 0 Å². The van der Waals surface area contributed by atoms with E-state index in [2.05, 4.69) is 122 Å². The fourth-order valence-corrected chi connectivity index (χ4v) is 5.07. The van der Waals surface area contributed by atoms with Crippen LogP contribution in [0.15, 0.2) is 115 Å². The molecule has 0 heterocycles. The van der Waals surface area contributed by atoms with Crippen molar-refractivity contribution in [3.8, 4) is 0 Å². The minimum absolute atomic E-state index is 0.500. The van der Waals surface area contributed by atoms with Crippen LogP contribution >= 0.6 is 0 Å². The molecule has 0 aliphatic carbocycles. The second-order valence-electron chi connectivity index (χ2n) is 13.2. The summed E-state index contributed by atoms with van der Waals surface area (Å²) >= 11 is 0. The Hall–Kier alpha value is -4.10. The van der Waals surface area contributed by atoms with E-state index in [0.717, 1.165) is 21.8 Å². The van der Waals surface area contributed by atoms with Gasteiger partial charge in [-0.1, -0.05) is 153 Å². The minimum atomic E-state index is 0.500. The van der Waals surface area contributed by atoms with Crippen molar-refractivity contribution in [3.05, 3.63) is 131 Å². The van der Waals surface area contributed by atoms with E-state index >= 15 is 0 Å². The van der Waals surface area contributed by atoms with Crippen molar-refractivity contribution in [1.82, 2.24) is 5.32 Å². The van der Waals surface area contributed by atoms with Gasteiger partial charge < -0.3 is 5.32 Å². The molecule has 0 saturated heterocycles. The van der Waals surface area contributed by atoms with Gasteiger partial charge in [-0.05, 0) is 86.3 Å². The Balaban J connectivity index is 0.000000208. The molecular formula is C42H51N. The molecule has 0 spiro atoms. The summed E-state index contributed by atoms with van der Waals surface area (Å²) in [5.74, 6) is 1.23. The Morgan fingerprint density at radius 3 is 1.84 bits per heavy atom. The number of allylic oxidation sites excluding steroid dienone is 3. The average Bonchev–Trinajstić information content (AvgIpc) is 2.97. The zero-order valence-electron chi connectivity index (χ0n) is 27.9. The van der Waals surface area contributed by atoms with Crippen LogP contribution in [0.4, 0.5) is 0 Å². The van der Waals surface area contributed by atoms with Crippen molar-refractivity contribution >= 4 is 44.6 Å². The summed E-state index contributed by atoms with van der Waals surface area (Å²) in [5, 5.41) is 13.8. The van der Waals surface area contributed by atoms with Gasteiger partial charge in [-0.3, -0.25) is 0 Å². The second-order valence-corrected chi connectivity index (χ2v) is 13.2. The quantitative estimate of drug-likeness (QED) is 0.158. The maximum absolute atomic E-state index is 4.02. The van der Waals surface area contributed by atoms with E-state index in [1.165, 1.54) is 37.9 Å². The SMILES string of the molecule is C=C/C(NC(/C=C\C)=C/C)=c1/ccccc1=C.CC(C)(C)C.CC(C)C(C)c1ccc2ccc3cccc4ccc1c2c34. The summed E-state index contributed by atoms with van der Waals surface area (Å²) in [6, 6.07) is 28.3. The fourth-order valence-electron chi connectivity index (χ4n) is 5.07. The summed E-state index contributed by atoms with van der Waals surface area (Å²) in [5.41, 5.74) is 4.00. The first kappa shape index (κ1) is 33.4. The molecule has 0 radical (unpaired) electrons. The lowest BCUT2D eigenvalue weighted by molar-refractivity contribution is 0.469. The molecule has 0 aromatic heterocycles. The number of hydrogen-bond donors (Lipinski definition) is 1. The molecule has 1 heteroatoms. The topological polar surface area (TPSA) is 12.0 Å². The largest absolute Gasteiger partial charge is 0.355 e. The van der Waals surface area contributed by atoms with Gasteiger partial charge in [0.2, 0.25) is 0 Å². The number of benzene rings is 5. The number of nitrogens with one attached hydrogen (secondary N) is 1. The van der Waals surface area contributed by atoms with Crippen molar-refractivity contribution in [3.63, 3.8) is 0 Å². The van der Waals surface area contributed by atoms with Gasteiger partial charge in [-0.2, -0.15) is 0 Å². The highest BCUT2D eigenvalue weighted by atomic mass is 14.9. The van der Waals surface area contributed by atoms with Crippen LogP contribution in [0.5, 0.6) is 0 Å². The average molecular weight is 570 g/mol. The van der Waals surface area contributed by atoms with Gasteiger partial charge >= 0.3 is 0 Å². The maximum atomic E-state index is 4.02. The molecule has 0 bridgehead atoms. The summed E-state index contributed by atoms with van der Waals surface area (Å²) in [7, 11) is 0. The van der Waals surface area contributed by atoms with Crippen molar-refractivity contribution in [2.45, 2.75) is 68.2 Å². The first-order valence-electron chi connectivity index (χ1n) is 15.5. The van der Waals surface area contributed by atoms with Crippen molar-refractivity contribution in [2.75, 3.05) is 0 Å². The third kappa shape index (κ3) is 8.71. The Labute approximate surface area is 260 Å². The molecule has 0 aliphatic heterocycles. The molecule has 1 atom stereocenters. The molecule has 0 aliphatic rings. The molecular weight excluding hydrogens is 518 g/mol. The highest BCUT2D eigenvalue weighted by Gasteiger charge is 2.16. The van der Waals surface area contributed by atoms with Crippen molar-refractivity contribution < 1.29 is 0 Å². The molecule has 0 fully saturated rings. The van der Waals surface area contributed by atoms with Gasteiger partial charge in [0.15, 0.2) is 0 Å². The van der Waals surface area contributed by atoms with Gasteiger partial charge in [0.05, 0.1) is 0 Å². The molecule has 5 rings (SSSR count). The first-order chi connectivity index (χ1) is 20.4. The van der Waals surface area contributed by atoms with Crippen LogP contribution in [0, 0.1) is 11.3 Å². The van der Waals surface area contributed by atoms with E-state index in [9.17, 15) is 0 Å². The normalized spacial score (nSPS) is 13.5. The van der Waals surface area contributed by atoms with E-state index in [1.54, 1.807) is 0 Å². The second kappa shape index (κ2) is 14.9. The van der Waals surface area contributed by atoms with Crippen LogP contribution in [-0.4, -0.2) is 0 Å². The maximum Gasteiger partial charge on any atom is 0.0457 e. The summed E-state index contributed by atoms with van der Waals surface area (Å²) in [6.45, 7) is 27.6. The standard InChI is InChI=1S/C21H20.C16H19N.C5H12/c1-13(2)14(3)18-11-9-17-8-7-15-5-4-6-16-10-12-19(18)21(17)20(15)16;1-5-10-14(6-2)17-16(7-3)15-12-9-8-11-13(15)4;1-5(2,3)4/h4-14H,1-3H3;5-12,17H,3-4H2,1-2H3;1-4H3/b;10-5-,14-6+,16-15+;. The Morgan fingerprint density at radius 2 is 1.30 bits per heavy atom. The lowest BCUT2D eigenvalue weighted by Crippen LogP contribution is -2.29. The molecule has 224 valence electrons. The van der Waals surface area contributed by atoms with E-state index in [4.69, 9.17) is 0 Å². The van der Waals surface area contributed by atoms with Crippen LogP contribution in [0.2, 0.25) is 0 Å². The first-order valence-corrected chi connectivity index (χ1v) is 15.5.